The van der Waals surface area contributed by atoms with Crippen LogP contribution < -0.4 is 5.32 Å². The quantitative estimate of drug-likeness (QED) is 0.791. The van der Waals surface area contributed by atoms with E-state index in [1.54, 1.807) is 0 Å². The number of anilines is 1. The average molecular weight is 188 g/mol. The highest BCUT2D eigenvalue weighted by Crippen LogP contribution is 2.20. The van der Waals surface area contributed by atoms with Gasteiger partial charge in [0.15, 0.2) is 0 Å². The van der Waals surface area contributed by atoms with Crippen LogP contribution in [0.5, 0.6) is 0 Å². The molecule has 1 aromatic rings. The monoisotopic (exact) mass is 188 g/mol. The van der Waals surface area contributed by atoms with E-state index >= 15 is 0 Å². The van der Waals surface area contributed by atoms with Gasteiger partial charge in [-0.1, -0.05) is 25.1 Å². The zero-order chi connectivity index (χ0) is 10.6. The Morgan fingerprint density at radius 2 is 2.07 bits per heavy atom. The standard InChI is InChI=1S/C12H16N2/c1-4-12(3,9-13)14-11-8-6-5-7-10(11)2/h5-8,14H,4H2,1-3H3/t12-/m0/s1. The molecule has 0 saturated heterocycles. The Labute approximate surface area is 85.6 Å². The molecule has 0 heterocycles. The van der Waals surface area contributed by atoms with Gasteiger partial charge in [0.1, 0.15) is 5.54 Å². The van der Waals surface area contributed by atoms with E-state index in [-0.39, 0.29) is 0 Å². The maximum Gasteiger partial charge on any atom is 0.122 e. The maximum absolute atomic E-state index is 9.02. The summed E-state index contributed by atoms with van der Waals surface area (Å²) < 4.78 is 0. The minimum Gasteiger partial charge on any atom is -0.367 e. The van der Waals surface area contributed by atoms with Crippen molar-refractivity contribution in [3.8, 4) is 6.07 Å². The molecule has 2 heteroatoms. The third kappa shape index (κ3) is 2.26. The molecule has 0 saturated carbocycles. The Morgan fingerprint density at radius 1 is 1.43 bits per heavy atom. The normalized spacial score (nSPS) is 14.1. The zero-order valence-corrected chi connectivity index (χ0v) is 8.96. The number of aryl methyl sites for hydroxylation is 1. The van der Waals surface area contributed by atoms with E-state index in [2.05, 4.69) is 11.4 Å². The van der Waals surface area contributed by atoms with Crippen LogP contribution >= 0.6 is 0 Å². The SMILES string of the molecule is CC[C@@](C)(C#N)Nc1ccccc1C. The van der Waals surface area contributed by atoms with E-state index in [0.29, 0.717) is 0 Å². The number of hydrogen-bond acceptors (Lipinski definition) is 2. The van der Waals surface area contributed by atoms with Crippen molar-refractivity contribution in [1.29, 1.82) is 5.26 Å². The highest BCUT2D eigenvalue weighted by Gasteiger charge is 2.20. The van der Waals surface area contributed by atoms with Crippen LogP contribution in [0.2, 0.25) is 0 Å². The van der Waals surface area contributed by atoms with Gasteiger partial charge in [-0.2, -0.15) is 5.26 Å². The predicted molar refractivity (Wildman–Crippen MR) is 59.1 cm³/mol. The van der Waals surface area contributed by atoms with Crippen molar-refractivity contribution < 1.29 is 0 Å². The number of benzene rings is 1. The molecule has 0 aliphatic heterocycles. The van der Waals surface area contributed by atoms with Gasteiger partial charge in [-0.05, 0) is 31.9 Å². The molecule has 0 spiro atoms. The molecule has 1 aromatic carbocycles. The summed E-state index contributed by atoms with van der Waals surface area (Å²) in [6.45, 7) is 5.96. The Balaban J connectivity index is 2.89. The molecular formula is C12H16N2. The molecule has 0 fully saturated rings. The van der Waals surface area contributed by atoms with Crippen molar-refractivity contribution in [2.45, 2.75) is 32.7 Å². The minimum absolute atomic E-state index is 0.466. The summed E-state index contributed by atoms with van der Waals surface area (Å²) in [6.07, 6.45) is 0.790. The molecule has 1 atom stereocenters. The number of para-hydroxylation sites is 1. The first-order valence-electron chi connectivity index (χ1n) is 4.86. The third-order valence-corrected chi connectivity index (χ3v) is 2.51. The van der Waals surface area contributed by atoms with E-state index in [4.69, 9.17) is 5.26 Å². The summed E-state index contributed by atoms with van der Waals surface area (Å²) in [5.41, 5.74) is 1.74. The molecule has 1 rings (SSSR count). The van der Waals surface area contributed by atoms with Crippen LogP contribution in [0.15, 0.2) is 24.3 Å². The molecule has 14 heavy (non-hydrogen) atoms. The van der Waals surface area contributed by atoms with Gasteiger partial charge in [0.05, 0.1) is 6.07 Å². The lowest BCUT2D eigenvalue weighted by atomic mass is 10.00. The van der Waals surface area contributed by atoms with Crippen molar-refractivity contribution in [1.82, 2.24) is 0 Å². The molecule has 0 aliphatic rings. The lowest BCUT2D eigenvalue weighted by molar-refractivity contribution is 0.625. The van der Waals surface area contributed by atoms with E-state index in [1.807, 2.05) is 45.0 Å². The first-order valence-corrected chi connectivity index (χ1v) is 4.86. The Hall–Kier alpha value is -1.49. The summed E-state index contributed by atoms with van der Waals surface area (Å²) in [4.78, 5) is 0. The van der Waals surface area contributed by atoms with Gasteiger partial charge in [0.25, 0.3) is 0 Å². The van der Waals surface area contributed by atoms with Gasteiger partial charge in [0.2, 0.25) is 0 Å². The summed E-state index contributed by atoms with van der Waals surface area (Å²) in [5, 5.41) is 12.3. The van der Waals surface area contributed by atoms with Crippen molar-refractivity contribution in [2.24, 2.45) is 0 Å². The van der Waals surface area contributed by atoms with Crippen LogP contribution in [0, 0.1) is 18.3 Å². The first-order chi connectivity index (χ1) is 6.61. The lowest BCUT2D eigenvalue weighted by Gasteiger charge is -2.23. The Bertz CT molecular complexity index is 352. The Morgan fingerprint density at radius 3 is 2.57 bits per heavy atom. The highest BCUT2D eigenvalue weighted by molar-refractivity contribution is 5.53. The van der Waals surface area contributed by atoms with Crippen molar-refractivity contribution in [3.63, 3.8) is 0 Å². The summed E-state index contributed by atoms with van der Waals surface area (Å²) in [5.74, 6) is 0. The summed E-state index contributed by atoms with van der Waals surface area (Å²) in [7, 11) is 0. The molecule has 0 aliphatic carbocycles. The van der Waals surface area contributed by atoms with E-state index in [0.717, 1.165) is 12.1 Å². The molecular weight excluding hydrogens is 172 g/mol. The first kappa shape index (κ1) is 10.6. The molecule has 0 unspecified atom stereocenters. The second-order valence-electron chi connectivity index (χ2n) is 3.74. The number of rotatable bonds is 3. The smallest absolute Gasteiger partial charge is 0.122 e. The van der Waals surface area contributed by atoms with E-state index in [9.17, 15) is 0 Å². The molecule has 1 N–H and O–H groups in total. The van der Waals surface area contributed by atoms with Gasteiger partial charge in [-0.25, -0.2) is 0 Å². The maximum atomic E-state index is 9.02. The van der Waals surface area contributed by atoms with Crippen LogP contribution in [0.4, 0.5) is 5.69 Å². The molecule has 2 nitrogen and oxygen atoms in total. The lowest BCUT2D eigenvalue weighted by Crippen LogP contribution is -2.32. The van der Waals surface area contributed by atoms with Gasteiger partial charge < -0.3 is 5.32 Å². The number of hydrogen-bond donors (Lipinski definition) is 1. The molecule has 0 amide bonds. The molecule has 0 aromatic heterocycles. The number of nitriles is 1. The van der Waals surface area contributed by atoms with Crippen molar-refractivity contribution in [2.75, 3.05) is 5.32 Å². The summed E-state index contributed by atoms with van der Waals surface area (Å²) in [6, 6.07) is 10.3. The van der Waals surface area contributed by atoms with Crippen LogP contribution in [-0.4, -0.2) is 5.54 Å². The van der Waals surface area contributed by atoms with Gasteiger partial charge in [0, 0.05) is 5.69 Å². The predicted octanol–water partition coefficient (Wildman–Crippen LogP) is 3.10. The Kier molecular flexibility index (Phi) is 3.14. The van der Waals surface area contributed by atoms with Crippen molar-refractivity contribution in [3.05, 3.63) is 29.8 Å². The molecule has 0 bridgehead atoms. The van der Waals surface area contributed by atoms with E-state index in [1.165, 1.54) is 5.56 Å². The van der Waals surface area contributed by atoms with Crippen LogP contribution in [-0.2, 0) is 0 Å². The third-order valence-electron chi connectivity index (χ3n) is 2.51. The van der Waals surface area contributed by atoms with Gasteiger partial charge in [-0.15, -0.1) is 0 Å². The van der Waals surface area contributed by atoms with Crippen molar-refractivity contribution >= 4 is 5.69 Å². The van der Waals surface area contributed by atoms with Crippen LogP contribution in [0.3, 0.4) is 0 Å². The molecule has 0 radical (unpaired) electrons. The topological polar surface area (TPSA) is 35.8 Å². The van der Waals surface area contributed by atoms with Crippen LogP contribution in [0.25, 0.3) is 0 Å². The molecule has 74 valence electrons. The minimum atomic E-state index is -0.466. The van der Waals surface area contributed by atoms with E-state index < -0.39 is 5.54 Å². The zero-order valence-electron chi connectivity index (χ0n) is 8.96. The largest absolute Gasteiger partial charge is 0.367 e. The highest BCUT2D eigenvalue weighted by atomic mass is 15.0. The fourth-order valence-electron chi connectivity index (χ4n) is 1.21. The number of nitrogens with one attached hydrogen (secondary N) is 1. The average Bonchev–Trinajstić information content (AvgIpc) is 2.21. The van der Waals surface area contributed by atoms with Gasteiger partial charge in [-0.3, -0.25) is 0 Å². The second-order valence-corrected chi connectivity index (χ2v) is 3.74. The van der Waals surface area contributed by atoms with Gasteiger partial charge >= 0.3 is 0 Å². The summed E-state index contributed by atoms with van der Waals surface area (Å²) >= 11 is 0. The van der Waals surface area contributed by atoms with Crippen LogP contribution in [0.1, 0.15) is 25.8 Å². The fraction of sp³-hybridized carbons (Fsp3) is 0.417. The fourth-order valence-corrected chi connectivity index (χ4v) is 1.21. The number of nitrogens with zero attached hydrogens (tertiary/aromatic N) is 1. The second kappa shape index (κ2) is 4.15.